The Bertz CT molecular complexity index is 1280. The fourth-order valence-electron chi connectivity index (χ4n) is 9.35. The van der Waals surface area contributed by atoms with Crippen molar-refractivity contribution in [2.45, 2.75) is 459 Å². The quantitative estimate of drug-likeness (QED) is 0.0315. The minimum Gasteiger partial charge on any atom is -0.466 e. The van der Waals surface area contributed by atoms with Gasteiger partial charge in [-0.1, -0.05) is 300 Å². The summed E-state index contributed by atoms with van der Waals surface area (Å²) in [7, 11) is 0. The van der Waals surface area contributed by atoms with Gasteiger partial charge in [-0.3, -0.25) is 38.4 Å². The Kier molecular flexibility index (Phi) is 131. The van der Waals surface area contributed by atoms with E-state index in [2.05, 4.69) is 69.2 Å². The molecule has 0 radical (unpaired) electrons. The molecule has 0 fully saturated rings. The number of esters is 8. The van der Waals surface area contributed by atoms with Crippen LogP contribution < -0.4 is 0 Å². The third-order valence-corrected chi connectivity index (χ3v) is 15.3. The van der Waals surface area contributed by atoms with Crippen molar-refractivity contribution in [3.8, 4) is 0 Å². The molecule has 0 spiro atoms. The maximum absolute atomic E-state index is 10.9. The maximum Gasteiger partial charge on any atom is 0.305 e. The van der Waals surface area contributed by atoms with E-state index < -0.39 is 0 Å². The summed E-state index contributed by atoms with van der Waals surface area (Å²) in [5, 5.41) is 0. The zero-order valence-electron chi connectivity index (χ0n) is 71.0. The summed E-state index contributed by atoms with van der Waals surface area (Å²) < 4.78 is 38.5. The molecule has 0 saturated heterocycles. The number of carbonyl (C=O) groups is 8. The standard InChI is InChI=1S/8C10H20O2.C6H14/c8*1-3-5-6-7-8-9-10(11)12-4-2;1-3-5-6-4-2/h8*3-9H2,1-2H3;3-6H2,1-2H3. The summed E-state index contributed by atoms with van der Waals surface area (Å²) in [5.74, 6) is -0.378. The van der Waals surface area contributed by atoms with E-state index >= 15 is 0 Å². The average Bonchev–Trinajstić information content (AvgIpc) is 3.82. The van der Waals surface area contributed by atoms with Gasteiger partial charge in [0.05, 0.1) is 52.9 Å². The van der Waals surface area contributed by atoms with Crippen molar-refractivity contribution in [2.24, 2.45) is 0 Å². The molecule has 0 aromatic carbocycles. The molecule has 0 aliphatic rings. The van der Waals surface area contributed by atoms with E-state index in [0.717, 1.165) is 103 Å². The summed E-state index contributed by atoms with van der Waals surface area (Å²) in [4.78, 5) is 86.8. The summed E-state index contributed by atoms with van der Waals surface area (Å²) in [5.41, 5.74) is 0. The van der Waals surface area contributed by atoms with Crippen LogP contribution in [0.25, 0.3) is 0 Å². The normalized spacial score (nSPS) is 9.78. The monoisotopic (exact) mass is 1460 g/mol. The van der Waals surface area contributed by atoms with Gasteiger partial charge in [0.15, 0.2) is 0 Å². The Balaban J connectivity index is -0.000000137. The zero-order chi connectivity index (χ0) is 78.7. The number of hydrogen-bond acceptors (Lipinski definition) is 16. The molecule has 0 rings (SSSR count). The van der Waals surface area contributed by atoms with Gasteiger partial charge in [0, 0.05) is 51.4 Å². The topological polar surface area (TPSA) is 210 Å². The fourth-order valence-corrected chi connectivity index (χ4v) is 9.35. The molecule has 0 aromatic heterocycles. The van der Waals surface area contributed by atoms with Crippen molar-refractivity contribution < 1.29 is 76.3 Å². The van der Waals surface area contributed by atoms with Crippen LogP contribution in [0.2, 0.25) is 0 Å². The largest absolute Gasteiger partial charge is 0.466 e. The predicted molar refractivity (Wildman–Crippen MR) is 430 cm³/mol. The maximum atomic E-state index is 10.9. The molecule has 0 atom stereocenters. The average molecular weight is 1460 g/mol. The van der Waals surface area contributed by atoms with Gasteiger partial charge in [-0.15, -0.1) is 0 Å². The first-order valence-electron chi connectivity index (χ1n) is 42.6. The van der Waals surface area contributed by atoms with Crippen molar-refractivity contribution in [1.29, 1.82) is 0 Å². The molecule has 0 bridgehead atoms. The summed E-state index contributed by atoms with van der Waals surface area (Å²) in [6.07, 6.45) is 57.7. The van der Waals surface area contributed by atoms with E-state index in [4.69, 9.17) is 37.9 Å². The minimum absolute atomic E-state index is 0.0472. The van der Waals surface area contributed by atoms with Gasteiger partial charge < -0.3 is 37.9 Å². The van der Waals surface area contributed by atoms with Crippen molar-refractivity contribution in [3.63, 3.8) is 0 Å². The Labute approximate surface area is 632 Å². The summed E-state index contributed by atoms with van der Waals surface area (Å²) in [6, 6.07) is 0. The van der Waals surface area contributed by atoms with Gasteiger partial charge in [0.1, 0.15) is 0 Å². The summed E-state index contributed by atoms with van der Waals surface area (Å²) >= 11 is 0. The van der Waals surface area contributed by atoms with Gasteiger partial charge in [-0.2, -0.15) is 0 Å². The van der Waals surface area contributed by atoms with E-state index in [1.165, 1.54) is 180 Å². The molecule has 0 amide bonds. The Hall–Kier alpha value is -4.24. The van der Waals surface area contributed by atoms with Gasteiger partial charge >= 0.3 is 47.8 Å². The van der Waals surface area contributed by atoms with Gasteiger partial charge in [-0.05, 0) is 107 Å². The Morgan fingerprint density at radius 1 is 0.127 bits per heavy atom. The second-order valence-corrected chi connectivity index (χ2v) is 25.5. The first-order chi connectivity index (χ1) is 49.4. The van der Waals surface area contributed by atoms with Crippen LogP contribution in [-0.2, 0) is 76.3 Å². The first-order valence-corrected chi connectivity index (χ1v) is 42.6. The van der Waals surface area contributed by atoms with Crippen LogP contribution in [0.4, 0.5) is 0 Å². The molecule has 0 aliphatic heterocycles. The molecule has 0 N–H and O–H groups in total. The van der Waals surface area contributed by atoms with Crippen LogP contribution in [0, 0.1) is 0 Å². The smallest absolute Gasteiger partial charge is 0.305 e. The lowest BCUT2D eigenvalue weighted by Gasteiger charge is -2.00. The zero-order valence-corrected chi connectivity index (χ0v) is 71.0. The Morgan fingerprint density at radius 3 is 0.284 bits per heavy atom. The second-order valence-electron chi connectivity index (χ2n) is 25.5. The number of hydrogen-bond donors (Lipinski definition) is 0. The van der Waals surface area contributed by atoms with Crippen LogP contribution >= 0.6 is 0 Å². The number of unbranched alkanes of at least 4 members (excludes halogenated alkanes) is 35. The SMILES string of the molecule is CCCCCC.CCCCCCCC(=O)OCC.CCCCCCCC(=O)OCC.CCCCCCCC(=O)OCC.CCCCCCCC(=O)OCC.CCCCCCCC(=O)OCC.CCCCCCCC(=O)OCC.CCCCCCCC(=O)OCC.CCCCCCCC(=O)OCC. The van der Waals surface area contributed by atoms with Gasteiger partial charge in [-0.25, -0.2) is 0 Å². The minimum atomic E-state index is -0.0472. The molecule has 0 heterocycles. The molecule has 0 unspecified atom stereocenters. The second kappa shape index (κ2) is 115. The fraction of sp³-hybridized carbons (Fsp3) is 0.907. The lowest BCUT2D eigenvalue weighted by molar-refractivity contribution is -0.144. The molecule has 16 heteroatoms. The molecule has 0 aliphatic carbocycles. The van der Waals surface area contributed by atoms with Crippen molar-refractivity contribution in [2.75, 3.05) is 52.9 Å². The van der Waals surface area contributed by atoms with Gasteiger partial charge in [0.25, 0.3) is 0 Å². The van der Waals surface area contributed by atoms with Gasteiger partial charge in [0.2, 0.25) is 0 Å². The molecule has 0 saturated carbocycles. The molecule has 102 heavy (non-hydrogen) atoms. The predicted octanol–water partition coefficient (Wildman–Crippen LogP) is 25.9. The first kappa shape index (κ1) is 116. The van der Waals surface area contributed by atoms with Crippen molar-refractivity contribution in [1.82, 2.24) is 0 Å². The molecule has 0 aromatic rings. The number of carbonyl (C=O) groups excluding carboxylic acids is 8. The van der Waals surface area contributed by atoms with Crippen LogP contribution in [-0.4, -0.2) is 101 Å². The third kappa shape index (κ3) is 139. The lowest BCUT2D eigenvalue weighted by atomic mass is 10.1. The van der Waals surface area contributed by atoms with Crippen LogP contribution in [0.1, 0.15) is 459 Å². The Morgan fingerprint density at radius 2 is 0.206 bits per heavy atom. The van der Waals surface area contributed by atoms with E-state index in [-0.39, 0.29) is 47.8 Å². The molecular formula is C86H174O16. The molecular weight excluding hydrogens is 1290 g/mol. The molecule has 16 nitrogen and oxygen atoms in total. The van der Waals surface area contributed by atoms with Crippen LogP contribution in [0.15, 0.2) is 0 Å². The van der Waals surface area contributed by atoms with E-state index in [9.17, 15) is 38.4 Å². The lowest BCUT2D eigenvalue weighted by Crippen LogP contribution is -2.02. The number of rotatable bonds is 59. The highest BCUT2D eigenvalue weighted by molar-refractivity contribution is 5.71. The van der Waals surface area contributed by atoms with Crippen molar-refractivity contribution in [3.05, 3.63) is 0 Å². The highest BCUT2D eigenvalue weighted by Crippen LogP contribution is 2.12. The van der Waals surface area contributed by atoms with E-state index in [1.807, 2.05) is 55.4 Å². The highest BCUT2D eigenvalue weighted by Gasteiger charge is 2.06. The van der Waals surface area contributed by atoms with E-state index in [1.54, 1.807) is 0 Å². The third-order valence-electron chi connectivity index (χ3n) is 15.3. The highest BCUT2D eigenvalue weighted by atomic mass is 16.6. The van der Waals surface area contributed by atoms with Crippen LogP contribution in [0.5, 0.6) is 0 Å². The van der Waals surface area contributed by atoms with Crippen molar-refractivity contribution >= 4 is 47.8 Å². The van der Waals surface area contributed by atoms with Crippen LogP contribution in [0.3, 0.4) is 0 Å². The van der Waals surface area contributed by atoms with E-state index in [0.29, 0.717) is 104 Å². The summed E-state index contributed by atoms with van der Waals surface area (Å²) in [6.45, 7) is 40.8. The number of ether oxygens (including phenoxy) is 8. The molecule has 614 valence electrons.